The number of pyridine rings is 1. The number of aliphatic hydroxyl groups is 1. The van der Waals surface area contributed by atoms with Crippen molar-refractivity contribution in [2.24, 2.45) is 5.92 Å². The van der Waals surface area contributed by atoms with Crippen LogP contribution < -0.4 is 10.6 Å². The van der Waals surface area contributed by atoms with Crippen molar-refractivity contribution < 1.29 is 19.0 Å². The molecule has 0 aromatic carbocycles. The molecule has 3 atom stereocenters. The maximum Gasteiger partial charge on any atom is 0.255 e. The Morgan fingerprint density at radius 1 is 1.27 bits per heavy atom. The number of imidazole rings is 1. The van der Waals surface area contributed by atoms with Gasteiger partial charge in [0.2, 0.25) is 0 Å². The van der Waals surface area contributed by atoms with Gasteiger partial charge in [-0.15, -0.1) is 0 Å². The lowest BCUT2D eigenvalue weighted by Gasteiger charge is -2.34. The minimum absolute atomic E-state index is 0.131. The fourth-order valence-electron chi connectivity index (χ4n) is 5.26. The van der Waals surface area contributed by atoms with E-state index in [2.05, 4.69) is 25.7 Å². The van der Waals surface area contributed by atoms with Gasteiger partial charge in [-0.3, -0.25) is 9.78 Å². The lowest BCUT2D eigenvalue weighted by Crippen LogP contribution is -2.42. The maximum atomic E-state index is 14.3. The number of hydrogen-bond donors (Lipinski definition) is 3. The number of amides is 1. The fraction of sp³-hybridized carbons (Fsp3) is 0.556. The second kappa shape index (κ2) is 10.7. The van der Waals surface area contributed by atoms with Gasteiger partial charge in [0.1, 0.15) is 11.9 Å². The number of halogens is 1. The molecule has 9 nitrogen and oxygen atoms in total. The molecule has 2 fully saturated rings. The van der Waals surface area contributed by atoms with Gasteiger partial charge in [-0.1, -0.05) is 12.8 Å². The lowest BCUT2D eigenvalue weighted by molar-refractivity contribution is -0.0234. The van der Waals surface area contributed by atoms with Crippen LogP contribution in [0.1, 0.15) is 62.7 Å². The summed E-state index contributed by atoms with van der Waals surface area (Å²) in [5.41, 5.74) is 1.39. The second-order valence-electron chi connectivity index (χ2n) is 10.7. The topological polar surface area (TPSA) is 114 Å². The minimum Gasteiger partial charge on any atom is -0.387 e. The quantitative estimate of drug-likeness (QED) is 0.423. The number of aromatic nitrogens is 4. The number of carbonyl (C=O) groups excluding carboxylic acids is 1. The van der Waals surface area contributed by atoms with E-state index in [0.29, 0.717) is 40.8 Å². The number of rotatable bonds is 8. The van der Waals surface area contributed by atoms with Gasteiger partial charge >= 0.3 is 0 Å². The van der Waals surface area contributed by atoms with Crippen LogP contribution in [0.25, 0.3) is 17.0 Å². The first kappa shape index (κ1) is 25.5. The van der Waals surface area contributed by atoms with Gasteiger partial charge in [-0.2, -0.15) is 5.10 Å². The van der Waals surface area contributed by atoms with Gasteiger partial charge < -0.3 is 20.5 Å². The summed E-state index contributed by atoms with van der Waals surface area (Å²) in [5.74, 6) is 0.136. The Balaban J connectivity index is 1.41. The predicted octanol–water partition coefficient (Wildman–Crippen LogP) is 3.78. The molecular weight excluding hydrogens is 475 g/mol. The molecule has 37 heavy (non-hydrogen) atoms. The van der Waals surface area contributed by atoms with Crippen molar-refractivity contribution in [3.05, 3.63) is 42.4 Å². The summed E-state index contributed by atoms with van der Waals surface area (Å²) in [5, 5.41) is 20.5. The first-order valence-corrected chi connectivity index (χ1v) is 13.1. The highest BCUT2D eigenvalue weighted by Crippen LogP contribution is 2.34. The number of carbonyl (C=O) groups is 1. The van der Waals surface area contributed by atoms with Crippen LogP contribution in [0.5, 0.6) is 0 Å². The second-order valence-corrected chi connectivity index (χ2v) is 10.7. The first-order valence-electron chi connectivity index (χ1n) is 13.1. The number of ether oxygens (including phenoxy) is 1. The number of anilines is 1. The summed E-state index contributed by atoms with van der Waals surface area (Å²) in [7, 11) is 0. The normalized spacial score (nSPS) is 21.7. The van der Waals surface area contributed by atoms with Gasteiger partial charge in [0, 0.05) is 25.0 Å². The Kier molecular flexibility index (Phi) is 7.39. The third kappa shape index (κ3) is 5.75. The van der Waals surface area contributed by atoms with Crippen molar-refractivity contribution >= 4 is 17.2 Å². The van der Waals surface area contributed by atoms with Crippen LogP contribution in [0, 0.1) is 5.92 Å². The van der Waals surface area contributed by atoms with E-state index in [9.17, 15) is 14.3 Å². The maximum absolute atomic E-state index is 14.3. The van der Waals surface area contributed by atoms with E-state index >= 15 is 0 Å². The molecule has 2 unspecified atom stereocenters. The van der Waals surface area contributed by atoms with Gasteiger partial charge in [-0.05, 0) is 63.6 Å². The van der Waals surface area contributed by atoms with E-state index in [1.54, 1.807) is 16.9 Å². The predicted molar refractivity (Wildman–Crippen MR) is 138 cm³/mol. The molecule has 0 bridgehead atoms. The molecule has 1 saturated carbocycles. The molecule has 0 spiro atoms. The average molecular weight is 511 g/mol. The van der Waals surface area contributed by atoms with Crippen LogP contribution in [0.4, 0.5) is 10.1 Å². The monoisotopic (exact) mass is 510 g/mol. The number of hydrogen-bond acceptors (Lipinski definition) is 7. The average Bonchev–Trinajstić information content (AvgIpc) is 3.57. The van der Waals surface area contributed by atoms with E-state index in [1.165, 1.54) is 45.7 Å². The van der Waals surface area contributed by atoms with Gasteiger partial charge in [0.25, 0.3) is 5.91 Å². The van der Waals surface area contributed by atoms with Crippen molar-refractivity contribution in [2.75, 3.05) is 18.5 Å². The summed E-state index contributed by atoms with van der Waals surface area (Å²) >= 11 is 0. The molecule has 3 aromatic rings. The third-order valence-electron chi connectivity index (χ3n) is 7.50. The Morgan fingerprint density at radius 2 is 2.08 bits per heavy atom. The highest BCUT2D eigenvalue weighted by atomic mass is 19.1. The van der Waals surface area contributed by atoms with Gasteiger partial charge in [-0.25, -0.2) is 13.9 Å². The zero-order valence-corrected chi connectivity index (χ0v) is 21.4. The highest BCUT2D eigenvalue weighted by Gasteiger charge is 2.32. The first-order chi connectivity index (χ1) is 17.8. The standard InChI is InChI=1S/C27H35FN6O3/c1-27(2,36)24(28)16-31-26(35)19-14-29-21(22-15-30-25-8-5-10-32-34(22)25)13-20(19)33-18-9-11-37-23(12-18)17-6-3-4-7-17/h5,8,10,13-15,17-18,23-24,36H,3-4,6-7,9,11-12,16H2,1-2H3,(H,29,33)(H,31,35)/t18?,23?,24-/m1/s1. The van der Waals surface area contributed by atoms with Crippen molar-refractivity contribution in [3.63, 3.8) is 0 Å². The SMILES string of the molecule is CC(C)(O)[C@H](F)CNC(=O)c1cnc(-c2cnc3cccnn23)cc1NC1CCOC(C2CCCC2)C1. The molecule has 1 aliphatic carbocycles. The van der Waals surface area contributed by atoms with Crippen molar-refractivity contribution in [1.82, 2.24) is 24.9 Å². The summed E-state index contributed by atoms with van der Waals surface area (Å²) < 4.78 is 22.1. The van der Waals surface area contributed by atoms with Crippen molar-refractivity contribution in [1.29, 1.82) is 0 Å². The van der Waals surface area contributed by atoms with Crippen LogP contribution >= 0.6 is 0 Å². The molecule has 1 saturated heterocycles. The number of fused-ring (bicyclic) bond motifs is 1. The molecule has 4 heterocycles. The van der Waals surface area contributed by atoms with Crippen molar-refractivity contribution in [2.45, 2.75) is 76.3 Å². The highest BCUT2D eigenvalue weighted by molar-refractivity contribution is 6.00. The van der Waals surface area contributed by atoms with Crippen LogP contribution in [0.2, 0.25) is 0 Å². The molecule has 3 N–H and O–H groups in total. The summed E-state index contributed by atoms with van der Waals surface area (Å²) in [6.45, 7) is 3.12. The van der Waals surface area contributed by atoms with E-state index in [-0.39, 0.29) is 18.7 Å². The van der Waals surface area contributed by atoms with Gasteiger partial charge in [0.15, 0.2) is 5.65 Å². The number of alkyl halides is 1. The number of nitrogens with zero attached hydrogens (tertiary/aromatic N) is 4. The summed E-state index contributed by atoms with van der Waals surface area (Å²) in [6, 6.07) is 5.64. The molecule has 1 amide bonds. The fourth-order valence-corrected chi connectivity index (χ4v) is 5.26. The van der Waals surface area contributed by atoms with Crippen LogP contribution in [-0.2, 0) is 4.74 Å². The lowest BCUT2D eigenvalue weighted by atomic mass is 9.91. The van der Waals surface area contributed by atoms with E-state index in [1.807, 2.05) is 18.2 Å². The van der Waals surface area contributed by atoms with Crippen LogP contribution in [0.15, 0.2) is 36.8 Å². The molecule has 10 heteroatoms. The Bertz CT molecular complexity index is 1240. The van der Waals surface area contributed by atoms with Crippen LogP contribution in [-0.4, -0.2) is 67.7 Å². The van der Waals surface area contributed by atoms with E-state index in [4.69, 9.17) is 4.74 Å². The summed E-state index contributed by atoms with van der Waals surface area (Å²) in [6.07, 6.45) is 10.1. The van der Waals surface area contributed by atoms with E-state index in [0.717, 1.165) is 12.8 Å². The van der Waals surface area contributed by atoms with Crippen molar-refractivity contribution in [3.8, 4) is 11.4 Å². The smallest absolute Gasteiger partial charge is 0.255 e. The Morgan fingerprint density at radius 3 is 2.86 bits per heavy atom. The summed E-state index contributed by atoms with van der Waals surface area (Å²) in [4.78, 5) is 22.1. The Hall–Kier alpha value is -3.11. The third-order valence-corrected chi connectivity index (χ3v) is 7.50. The van der Waals surface area contributed by atoms with E-state index < -0.39 is 17.7 Å². The zero-order valence-electron chi connectivity index (χ0n) is 21.4. The van der Waals surface area contributed by atoms with Gasteiger partial charge in [0.05, 0.1) is 41.4 Å². The largest absolute Gasteiger partial charge is 0.387 e. The molecule has 198 valence electrons. The molecule has 3 aromatic heterocycles. The molecule has 2 aliphatic rings. The van der Waals surface area contributed by atoms with Crippen LogP contribution in [0.3, 0.4) is 0 Å². The molecular formula is C27H35FN6O3. The number of nitrogens with one attached hydrogen (secondary N) is 2. The Labute approximate surface area is 215 Å². The zero-order chi connectivity index (χ0) is 26.0. The molecule has 0 radical (unpaired) electrons. The molecule has 5 rings (SSSR count). The minimum atomic E-state index is -1.60. The molecule has 1 aliphatic heterocycles.